The SMILES string of the molecule is COC(=O)CCS(=O)(=O)Nc1cccc(OCCN)c1. The van der Waals surface area contributed by atoms with Gasteiger partial charge in [0.2, 0.25) is 10.0 Å². The maximum Gasteiger partial charge on any atom is 0.306 e. The minimum atomic E-state index is -3.61. The van der Waals surface area contributed by atoms with Gasteiger partial charge in [0.25, 0.3) is 0 Å². The standard InChI is InChI=1S/C12H18N2O5S/c1-18-12(15)5-8-20(16,17)14-10-3-2-4-11(9-10)19-7-6-13/h2-4,9,14H,5-8,13H2,1H3. The van der Waals surface area contributed by atoms with Crippen LogP contribution in [0.25, 0.3) is 0 Å². The molecule has 112 valence electrons. The molecule has 7 nitrogen and oxygen atoms in total. The second-order valence-corrected chi connectivity index (χ2v) is 5.75. The number of methoxy groups -OCH3 is 1. The summed E-state index contributed by atoms with van der Waals surface area (Å²) >= 11 is 0. The van der Waals surface area contributed by atoms with Crippen LogP contribution in [0.5, 0.6) is 5.75 Å². The van der Waals surface area contributed by atoms with Crippen LogP contribution in [-0.2, 0) is 19.6 Å². The molecule has 0 aliphatic rings. The molecule has 0 fully saturated rings. The van der Waals surface area contributed by atoms with Crippen LogP contribution < -0.4 is 15.2 Å². The Kier molecular flexibility index (Phi) is 6.26. The van der Waals surface area contributed by atoms with Crippen molar-refractivity contribution >= 4 is 21.7 Å². The van der Waals surface area contributed by atoms with Crippen LogP contribution in [0.3, 0.4) is 0 Å². The number of anilines is 1. The number of nitrogens with two attached hydrogens (primary N) is 1. The van der Waals surface area contributed by atoms with E-state index < -0.39 is 16.0 Å². The number of hydrogen-bond donors (Lipinski definition) is 2. The van der Waals surface area contributed by atoms with E-state index in [0.29, 0.717) is 24.6 Å². The van der Waals surface area contributed by atoms with Gasteiger partial charge in [-0.25, -0.2) is 8.42 Å². The molecule has 0 saturated heterocycles. The average Bonchev–Trinajstić information content (AvgIpc) is 2.42. The van der Waals surface area contributed by atoms with Crippen molar-refractivity contribution in [2.45, 2.75) is 6.42 Å². The van der Waals surface area contributed by atoms with Crippen LogP contribution >= 0.6 is 0 Å². The molecule has 0 unspecified atom stereocenters. The molecule has 0 radical (unpaired) electrons. The van der Waals surface area contributed by atoms with E-state index in [0.717, 1.165) is 0 Å². The van der Waals surface area contributed by atoms with E-state index in [1.807, 2.05) is 0 Å². The summed E-state index contributed by atoms with van der Waals surface area (Å²) in [6, 6.07) is 6.49. The van der Waals surface area contributed by atoms with Gasteiger partial charge in [-0.1, -0.05) is 6.07 Å². The van der Waals surface area contributed by atoms with Crippen molar-refractivity contribution in [3.05, 3.63) is 24.3 Å². The summed E-state index contributed by atoms with van der Waals surface area (Å²) in [5, 5.41) is 0. The second kappa shape index (κ2) is 7.71. The van der Waals surface area contributed by atoms with Crippen LogP contribution in [0.15, 0.2) is 24.3 Å². The summed E-state index contributed by atoms with van der Waals surface area (Å²) in [6.07, 6.45) is -0.199. The first-order chi connectivity index (χ1) is 9.46. The number of rotatable bonds is 8. The fraction of sp³-hybridized carbons (Fsp3) is 0.417. The molecule has 20 heavy (non-hydrogen) atoms. The highest BCUT2D eigenvalue weighted by atomic mass is 32.2. The lowest BCUT2D eigenvalue weighted by molar-refractivity contribution is -0.140. The van der Waals surface area contributed by atoms with E-state index >= 15 is 0 Å². The number of nitrogens with one attached hydrogen (secondary N) is 1. The summed E-state index contributed by atoms with van der Waals surface area (Å²) in [5.41, 5.74) is 5.68. The zero-order valence-corrected chi connectivity index (χ0v) is 12.0. The Balaban J connectivity index is 2.64. The van der Waals surface area contributed by atoms with Crippen molar-refractivity contribution < 1.29 is 22.7 Å². The number of sulfonamides is 1. The molecule has 0 aliphatic heterocycles. The first kappa shape index (κ1) is 16.3. The molecular formula is C12H18N2O5S. The summed E-state index contributed by atoms with van der Waals surface area (Å²) in [5.74, 6) is -0.396. The van der Waals surface area contributed by atoms with Crippen molar-refractivity contribution in [3.63, 3.8) is 0 Å². The zero-order chi connectivity index (χ0) is 15.0. The van der Waals surface area contributed by atoms with E-state index in [1.54, 1.807) is 24.3 Å². The topological polar surface area (TPSA) is 108 Å². The van der Waals surface area contributed by atoms with Gasteiger partial charge in [-0.05, 0) is 12.1 Å². The first-order valence-corrected chi connectivity index (χ1v) is 7.62. The Hall–Kier alpha value is -1.80. The highest BCUT2D eigenvalue weighted by molar-refractivity contribution is 7.92. The Morgan fingerprint density at radius 3 is 2.80 bits per heavy atom. The molecule has 0 aromatic heterocycles. The maximum atomic E-state index is 11.8. The summed E-state index contributed by atoms with van der Waals surface area (Å²) in [7, 11) is -2.40. The number of hydrogen-bond acceptors (Lipinski definition) is 6. The normalized spacial score (nSPS) is 10.9. The van der Waals surface area contributed by atoms with E-state index in [-0.39, 0.29) is 12.2 Å². The lowest BCUT2D eigenvalue weighted by Gasteiger charge is -2.09. The fourth-order valence-electron chi connectivity index (χ4n) is 1.38. The molecule has 0 amide bonds. The third-order valence-corrected chi connectivity index (χ3v) is 3.58. The van der Waals surface area contributed by atoms with Crippen molar-refractivity contribution in [1.29, 1.82) is 0 Å². The van der Waals surface area contributed by atoms with E-state index in [9.17, 15) is 13.2 Å². The highest BCUT2D eigenvalue weighted by Crippen LogP contribution is 2.18. The number of carbonyl (C=O) groups is 1. The monoisotopic (exact) mass is 302 g/mol. The van der Waals surface area contributed by atoms with E-state index in [2.05, 4.69) is 9.46 Å². The Bertz CT molecular complexity index is 545. The van der Waals surface area contributed by atoms with Crippen LogP contribution in [0.4, 0.5) is 5.69 Å². The maximum absolute atomic E-state index is 11.8. The van der Waals surface area contributed by atoms with Crippen LogP contribution in [0.2, 0.25) is 0 Å². The van der Waals surface area contributed by atoms with Crippen molar-refractivity contribution in [2.24, 2.45) is 5.73 Å². The Morgan fingerprint density at radius 1 is 1.40 bits per heavy atom. The molecular weight excluding hydrogens is 284 g/mol. The van der Waals surface area contributed by atoms with Gasteiger partial charge < -0.3 is 15.2 Å². The smallest absolute Gasteiger partial charge is 0.306 e. The predicted octanol–water partition coefficient (Wildman–Crippen LogP) is 0.329. The van der Waals surface area contributed by atoms with Crippen molar-refractivity contribution in [2.75, 3.05) is 30.7 Å². The molecule has 1 aromatic carbocycles. The van der Waals surface area contributed by atoms with Crippen LogP contribution in [0.1, 0.15) is 6.42 Å². The first-order valence-electron chi connectivity index (χ1n) is 5.97. The summed E-state index contributed by atoms with van der Waals surface area (Å²) in [6.45, 7) is 0.716. The molecule has 1 rings (SSSR count). The van der Waals surface area contributed by atoms with Crippen LogP contribution in [-0.4, -0.2) is 40.4 Å². The largest absolute Gasteiger partial charge is 0.492 e. The molecule has 0 bridgehead atoms. The fourth-order valence-corrected chi connectivity index (χ4v) is 2.40. The molecule has 8 heteroatoms. The molecule has 0 atom stereocenters. The molecule has 1 aromatic rings. The lowest BCUT2D eigenvalue weighted by atomic mass is 10.3. The number of ether oxygens (including phenoxy) is 2. The van der Waals surface area contributed by atoms with Gasteiger partial charge in [0.15, 0.2) is 0 Å². The van der Waals surface area contributed by atoms with Gasteiger partial charge in [0.05, 0.1) is 25.0 Å². The molecule has 0 spiro atoms. The van der Waals surface area contributed by atoms with Gasteiger partial charge in [-0.2, -0.15) is 0 Å². The minimum absolute atomic E-state index is 0.199. The average molecular weight is 302 g/mol. The highest BCUT2D eigenvalue weighted by Gasteiger charge is 2.14. The minimum Gasteiger partial charge on any atom is -0.492 e. The predicted molar refractivity (Wildman–Crippen MR) is 75.0 cm³/mol. The van der Waals surface area contributed by atoms with Crippen LogP contribution in [0, 0.1) is 0 Å². The second-order valence-electron chi connectivity index (χ2n) is 3.91. The molecule has 0 aliphatic carbocycles. The van der Waals surface area contributed by atoms with Gasteiger partial charge >= 0.3 is 5.97 Å². The van der Waals surface area contributed by atoms with E-state index in [1.165, 1.54) is 7.11 Å². The third-order valence-electron chi connectivity index (χ3n) is 2.30. The number of carbonyl (C=O) groups excluding carboxylic acids is 1. The van der Waals surface area contributed by atoms with Gasteiger partial charge in [0, 0.05) is 12.6 Å². The van der Waals surface area contributed by atoms with Gasteiger partial charge in [0.1, 0.15) is 12.4 Å². The summed E-state index contributed by atoms with van der Waals surface area (Å²) in [4.78, 5) is 10.9. The quantitative estimate of drug-likeness (QED) is 0.670. The molecule has 3 N–H and O–H groups in total. The third kappa shape index (κ3) is 5.89. The van der Waals surface area contributed by atoms with Crippen molar-refractivity contribution in [1.82, 2.24) is 0 Å². The van der Waals surface area contributed by atoms with Gasteiger partial charge in [-0.15, -0.1) is 0 Å². The molecule has 0 saturated carbocycles. The van der Waals surface area contributed by atoms with Crippen molar-refractivity contribution in [3.8, 4) is 5.75 Å². The number of esters is 1. The summed E-state index contributed by atoms with van der Waals surface area (Å²) < 4.78 is 35.6. The van der Waals surface area contributed by atoms with E-state index in [4.69, 9.17) is 10.5 Å². The molecule has 0 heterocycles. The zero-order valence-electron chi connectivity index (χ0n) is 11.2. The van der Waals surface area contributed by atoms with Gasteiger partial charge in [-0.3, -0.25) is 9.52 Å². The Labute approximate surface area is 118 Å². The Morgan fingerprint density at radius 2 is 2.15 bits per heavy atom. The number of benzene rings is 1. The lowest BCUT2D eigenvalue weighted by Crippen LogP contribution is -2.19.